The summed E-state index contributed by atoms with van der Waals surface area (Å²) in [4.78, 5) is 16.7. The number of amides is 1. The molecule has 4 rings (SSSR count). The number of ether oxygens (including phenoxy) is 1. The summed E-state index contributed by atoms with van der Waals surface area (Å²) in [5.41, 5.74) is 2.79. The van der Waals surface area contributed by atoms with Crippen LogP contribution in [0.1, 0.15) is 12.0 Å². The van der Waals surface area contributed by atoms with E-state index in [0.29, 0.717) is 22.8 Å². The third-order valence-corrected chi connectivity index (χ3v) is 5.18. The second kappa shape index (κ2) is 9.48. The molecule has 0 aliphatic carbocycles. The fourth-order valence-corrected chi connectivity index (χ4v) is 3.71. The molecule has 0 aliphatic rings. The minimum atomic E-state index is -2.93. The molecule has 0 radical (unpaired) electrons. The predicted octanol–water partition coefficient (Wildman–Crippen LogP) is 5.17. The Labute approximate surface area is 181 Å². The lowest BCUT2D eigenvalue weighted by Gasteiger charge is -2.08. The van der Waals surface area contributed by atoms with Crippen LogP contribution in [-0.4, -0.2) is 27.3 Å². The van der Waals surface area contributed by atoms with E-state index >= 15 is 0 Å². The van der Waals surface area contributed by atoms with Crippen LogP contribution in [0.3, 0.4) is 0 Å². The molecule has 31 heavy (non-hydrogen) atoms. The number of hydrogen-bond acceptors (Lipinski definition) is 5. The molecule has 0 saturated heterocycles. The Morgan fingerprint density at radius 2 is 1.90 bits per heavy atom. The number of aromatic nitrogens is 3. The number of anilines is 1. The minimum Gasteiger partial charge on any atom is -0.434 e. The number of thiazole rings is 1. The maximum absolute atomic E-state index is 12.6. The van der Waals surface area contributed by atoms with Gasteiger partial charge in [-0.25, -0.2) is 9.67 Å². The number of alkyl halides is 2. The van der Waals surface area contributed by atoms with Gasteiger partial charge in [0.15, 0.2) is 5.13 Å². The van der Waals surface area contributed by atoms with Gasteiger partial charge in [0.2, 0.25) is 5.91 Å². The number of rotatable bonds is 8. The first-order chi connectivity index (χ1) is 15.1. The number of halogens is 2. The van der Waals surface area contributed by atoms with Gasteiger partial charge >= 0.3 is 6.61 Å². The molecule has 0 atom stereocenters. The Bertz CT molecular complexity index is 1160. The molecule has 4 aromatic rings. The molecule has 9 heteroatoms. The van der Waals surface area contributed by atoms with E-state index in [0.717, 1.165) is 11.3 Å². The van der Waals surface area contributed by atoms with Crippen molar-refractivity contribution >= 4 is 22.4 Å². The monoisotopic (exact) mass is 440 g/mol. The SMILES string of the molecule is O=C(CCc1cnn(-c2ccccc2)c1)Nc1nc(-c2ccccc2OC(F)F)cs1. The van der Waals surface area contributed by atoms with Gasteiger partial charge in [0.1, 0.15) is 5.75 Å². The second-order valence-electron chi connectivity index (χ2n) is 6.59. The lowest BCUT2D eigenvalue weighted by atomic mass is 10.1. The molecule has 0 aliphatic heterocycles. The normalized spacial score (nSPS) is 10.9. The fraction of sp³-hybridized carbons (Fsp3) is 0.136. The van der Waals surface area contributed by atoms with Crippen LogP contribution in [-0.2, 0) is 11.2 Å². The zero-order valence-electron chi connectivity index (χ0n) is 16.2. The molecule has 2 aromatic carbocycles. The van der Waals surface area contributed by atoms with Crippen LogP contribution in [0, 0.1) is 0 Å². The third kappa shape index (κ3) is 5.32. The van der Waals surface area contributed by atoms with E-state index in [2.05, 4.69) is 20.1 Å². The van der Waals surface area contributed by atoms with E-state index < -0.39 is 6.61 Å². The molecule has 0 saturated carbocycles. The molecule has 2 heterocycles. The number of aryl methyl sites for hydroxylation is 1. The topological polar surface area (TPSA) is 69.0 Å². The van der Waals surface area contributed by atoms with E-state index in [1.807, 2.05) is 36.5 Å². The number of carbonyl (C=O) groups excluding carboxylic acids is 1. The molecule has 0 bridgehead atoms. The van der Waals surface area contributed by atoms with Crippen molar-refractivity contribution in [2.45, 2.75) is 19.5 Å². The lowest BCUT2D eigenvalue weighted by Crippen LogP contribution is -2.12. The maximum atomic E-state index is 12.6. The standard InChI is InChI=1S/C22H18F2N4O2S/c23-21(24)30-19-9-5-4-8-17(19)18-14-31-22(26-18)27-20(29)11-10-15-12-25-28(13-15)16-6-2-1-3-7-16/h1-9,12-14,21H,10-11H2,(H,26,27,29). The summed E-state index contributed by atoms with van der Waals surface area (Å²) >= 11 is 1.22. The van der Waals surface area contributed by atoms with Crippen LogP contribution >= 0.6 is 11.3 Å². The first kappa shape index (κ1) is 20.7. The molecule has 6 nitrogen and oxygen atoms in total. The van der Waals surface area contributed by atoms with Gasteiger partial charge in [0, 0.05) is 23.6 Å². The second-order valence-corrected chi connectivity index (χ2v) is 7.45. The van der Waals surface area contributed by atoms with Crippen molar-refractivity contribution in [1.29, 1.82) is 0 Å². The largest absolute Gasteiger partial charge is 0.434 e. The van der Waals surface area contributed by atoms with Crippen LogP contribution in [0.15, 0.2) is 72.4 Å². The molecule has 0 fully saturated rings. The molecule has 0 spiro atoms. The minimum absolute atomic E-state index is 0.0381. The lowest BCUT2D eigenvalue weighted by molar-refractivity contribution is -0.116. The molecule has 1 amide bonds. The molecular weight excluding hydrogens is 422 g/mol. The highest BCUT2D eigenvalue weighted by molar-refractivity contribution is 7.14. The van der Waals surface area contributed by atoms with Crippen molar-refractivity contribution in [3.05, 3.63) is 77.9 Å². The summed E-state index contributed by atoms with van der Waals surface area (Å²) in [5.74, 6) is -0.151. The van der Waals surface area contributed by atoms with E-state index in [-0.39, 0.29) is 18.1 Å². The van der Waals surface area contributed by atoms with Crippen molar-refractivity contribution in [2.75, 3.05) is 5.32 Å². The highest BCUT2D eigenvalue weighted by Crippen LogP contribution is 2.33. The van der Waals surface area contributed by atoms with E-state index in [4.69, 9.17) is 0 Å². The number of hydrogen-bond donors (Lipinski definition) is 1. The smallest absolute Gasteiger partial charge is 0.387 e. The number of carbonyl (C=O) groups is 1. The predicted molar refractivity (Wildman–Crippen MR) is 115 cm³/mol. The van der Waals surface area contributed by atoms with Gasteiger partial charge in [-0.2, -0.15) is 13.9 Å². The Balaban J connectivity index is 1.35. The van der Waals surface area contributed by atoms with Crippen molar-refractivity contribution in [1.82, 2.24) is 14.8 Å². The third-order valence-electron chi connectivity index (χ3n) is 4.43. The molecule has 2 aromatic heterocycles. The first-order valence-electron chi connectivity index (χ1n) is 9.47. The maximum Gasteiger partial charge on any atom is 0.387 e. The number of nitrogens with zero attached hydrogens (tertiary/aromatic N) is 3. The highest BCUT2D eigenvalue weighted by Gasteiger charge is 2.14. The van der Waals surface area contributed by atoms with Gasteiger partial charge in [0.25, 0.3) is 0 Å². The summed E-state index contributed by atoms with van der Waals surface area (Å²) in [5, 5.41) is 9.16. The van der Waals surface area contributed by atoms with Gasteiger partial charge in [-0.15, -0.1) is 11.3 Å². The summed E-state index contributed by atoms with van der Waals surface area (Å²) in [6, 6.07) is 16.1. The van der Waals surface area contributed by atoms with Crippen molar-refractivity contribution in [2.24, 2.45) is 0 Å². The molecular formula is C22H18F2N4O2S. The van der Waals surface area contributed by atoms with Crippen molar-refractivity contribution in [3.63, 3.8) is 0 Å². The summed E-state index contributed by atoms with van der Waals surface area (Å²) in [7, 11) is 0. The van der Waals surface area contributed by atoms with Gasteiger partial charge in [0.05, 0.1) is 17.6 Å². The van der Waals surface area contributed by atoms with Crippen molar-refractivity contribution in [3.8, 4) is 22.7 Å². The van der Waals surface area contributed by atoms with Crippen LogP contribution < -0.4 is 10.1 Å². The Hall–Kier alpha value is -3.59. The van der Waals surface area contributed by atoms with Crippen LogP contribution in [0.5, 0.6) is 5.75 Å². The quantitative estimate of drug-likeness (QED) is 0.411. The fourth-order valence-electron chi connectivity index (χ4n) is 2.98. The zero-order valence-corrected chi connectivity index (χ0v) is 17.1. The van der Waals surface area contributed by atoms with E-state index in [1.165, 1.54) is 17.4 Å². The van der Waals surface area contributed by atoms with Gasteiger partial charge in [-0.05, 0) is 36.2 Å². The van der Waals surface area contributed by atoms with Gasteiger partial charge in [-0.1, -0.05) is 30.3 Å². The summed E-state index contributed by atoms with van der Waals surface area (Å²) in [6.45, 7) is -2.93. The van der Waals surface area contributed by atoms with Crippen LogP contribution in [0.25, 0.3) is 16.9 Å². The number of nitrogens with one attached hydrogen (secondary N) is 1. The first-order valence-corrected chi connectivity index (χ1v) is 10.3. The summed E-state index contributed by atoms with van der Waals surface area (Å²) < 4.78 is 31.5. The zero-order chi connectivity index (χ0) is 21.6. The van der Waals surface area contributed by atoms with Crippen LogP contribution in [0.2, 0.25) is 0 Å². The average molecular weight is 440 g/mol. The molecule has 1 N–H and O–H groups in total. The number of para-hydroxylation sites is 2. The average Bonchev–Trinajstić information content (AvgIpc) is 3.43. The Kier molecular flexibility index (Phi) is 6.32. The molecule has 158 valence electrons. The van der Waals surface area contributed by atoms with E-state index in [1.54, 1.807) is 34.5 Å². The Morgan fingerprint density at radius 3 is 2.71 bits per heavy atom. The number of benzene rings is 2. The van der Waals surface area contributed by atoms with Gasteiger partial charge in [-0.3, -0.25) is 4.79 Å². The Morgan fingerprint density at radius 1 is 1.13 bits per heavy atom. The van der Waals surface area contributed by atoms with Crippen LogP contribution in [0.4, 0.5) is 13.9 Å². The van der Waals surface area contributed by atoms with E-state index in [9.17, 15) is 13.6 Å². The summed E-state index contributed by atoms with van der Waals surface area (Å²) in [6.07, 6.45) is 4.42. The van der Waals surface area contributed by atoms with Crippen molar-refractivity contribution < 1.29 is 18.3 Å². The van der Waals surface area contributed by atoms with Gasteiger partial charge < -0.3 is 10.1 Å². The highest BCUT2D eigenvalue weighted by atomic mass is 32.1. The molecule has 0 unspecified atom stereocenters.